The molecule has 9 heteroatoms. The van der Waals surface area contributed by atoms with Gasteiger partial charge in [0.15, 0.2) is 0 Å². The number of nitrogens with zero attached hydrogens (tertiary/aromatic N) is 3. The van der Waals surface area contributed by atoms with Gasteiger partial charge in [-0.05, 0) is 25.3 Å². The second-order valence-electron chi connectivity index (χ2n) is 5.30. The van der Waals surface area contributed by atoms with Crippen molar-refractivity contribution in [2.24, 2.45) is 0 Å². The van der Waals surface area contributed by atoms with Crippen LogP contribution in [0.5, 0.6) is 0 Å². The maximum atomic E-state index is 12.4. The highest BCUT2D eigenvalue weighted by Crippen LogP contribution is 2.17. The Morgan fingerprint density at radius 1 is 1.52 bits per heavy atom. The summed E-state index contributed by atoms with van der Waals surface area (Å²) in [7, 11) is -3.25. The number of nitrogens with one attached hydrogen (secondary N) is 1. The molecule has 0 saturated carbocycles. The number of aromatic nitrogens is 2. The normalized spacial score (nSPS) is 19.7. The van der Waals surface area contributed by atoms with E-state index < -0.39 is 10.0 Å². The summed E-state index contributed by atoms with van der Waals surface area (Å²) in [6.45, 7) is 1.02. The Kier molecular flexibility index (Phi) is 4.84. The highest BCUT2D eigenvalue weighted by molar-refractivity contribution is 7.88. The third kappa shape index (κ3) is 4.71. The fourth-order valence-electron chi connectivity index (χ4n) is 2.48. The second-order valence-corrected chi connectivity index (χ2v) is 7.13. The summed E-state index contributed by atoms with van der Waals surface area (Å²) < 4.78 is 26.4. The molecule has 0 radical (unpaired) electrons. The van der Waals surface area contributed by atoms with Crippen LogP contribution in [-0.4, -0.2) is 54.4 Å². The fraction of sp³-hybridized carbons (Fsp3) is 0.667. The number of hydrogen-bond donors (Lipinski definition) is 2. The first kappa shape index (κ1) is 15.8. The topological polar surface area (TPSA) is 110 Å². The number of amides is 1. The maximum Gasteiger partial charge on any atom is 0.244 e. The van der Waals surface area contributed by atoms with Gasteiger partial charge in [0.05, 0.1) is 6.26 Å². The van der Waals surface area contributed by atoms with Crippen LogP contribution < -0.4 is 10.5 Å². The molecule has 0 aliphatic carbocycles. The van der Waals surface area contributed by atoms with Crippen molar-refractivity contribution >= 4 is 21.7 Å². The number of rotatable bonds is 5. The Hall–Kier alpha value is -1.61. The number of hydrogen-bond acceptors (Lipinski definition) is 5. The van der Waals surface area contributed by atoms with Crippen LogP contribution >= 0.6 is 0 Å². The Morgan fingerprint density at radius 3 is 2.90 bits per heavy atom. The lowest BCUT2D eigenvalue weighted by molar-refractivity contribution is -0.135. The SMILES string of the molecule is CS(=O)(=O)NCC1CCCCN1C(=O)Cn1ccc(N)n1. The lowest BCUT2D eigenvalue weighted by atomic mass is 10.0. The molecule has 1 unspecified atom stereocenters. The number of carbonyl (C=O) groups excluding carboxylic acids is 1. The Bertz CT molecular complexity index is 598. The first-order valence-corrected chi connectivity index (χ1v) is 8.77. The van der Waals surface area contributed by atoms with E-state index in [9.17, 15) is 13.2 Å². The zero-order valence-electron chi connectivity index (χ0n) is 12.0. The molecular weight excluding hydrogens is 294 g/mol. The fourth-order valence-corrected chi connectivity index (χ4v) is 2.98. The number of likely N-dealkylation sites (tertiary alicyclic amines) is 1. The number of nitrogen functional groups attached to an aromatic ring is 1. The maximum absolute atomic E-state index is 12.4. The summed E-state index contributed by atoms with van der Waals surface area (Å²) in [5.41, 5.74) is 5.52. The van der Waals surface area contributed by atoms with Crippen LogP contribution in [0.2, 0.25) is 0 Å². The van der Waals surface area contributed by atoms with Gasteiger partial charge in [-0.25, -0.2) is 13.1 Å². The van der Waals surface area contributed by atoms with Crippen molar-refractivity contribution < 1.29 is 13.2 Å². The quantitative estimate of drug-likeness (QED) is 0.753. The minimum Gasteiger partial charge on any atom is -0.382 e. The van der Waals surface area contributed by atoms with Gasteiger partial charge in [0, 0.05) is 25.3 Å². The van der Waals surface area contributed by atoms with Gasteiger partial charge in [0.25, 0.3) is 0 Å². The molecule has 1 aromatic rings. The standard InChI is InChI=1S/C12H21N5O3S/c1-21(19,20)14-8-10-4-2-3-6-17(10)12(18)9-16-7-5-11(13)15-16/h5,7,10,14H,2-4,6,8-9H2,1H3,(H2,13,15). The molecule has 8 nitrogen and oxygen atoms in total. The van der Waals surface area contributed by atoms with E-state index in [0.29, 0.717) is 12.4 Å². The van der Waals surface area contributed by atoms with Crippen LogP contribution in [0.4, 0.5) is 5.82 Å². The first-order chi connectivity index (χ1) is 9.85. The van der Waals surface area contributed by atoms with Crippen LogP contribution in [-0.2, 0) is 21.4 Å². The van der Waals surface area contributed by atoms with Crippen molar-refractivity contribution in [1.82, 2.24) is 19.4 Å². The summed E-state index contributed by atoms with van der Waals surface area (Å²) >= 11 is 0. The minimum atomic E-state index is -3.25. The van der Waals surface area contributed by atoms with Crippen LogP contribution in [0.1, 0.15) is 19.3 Å². The summed E-state index contributed by atoms with van der Waals surface area (Å²) in [6, 6.07) is 1.53. The summed E-state index contributed by atoms with van der Waals surface area (Å²) in [5, 5.41) is 3.99. The Balaban J connectivity index is 1.98. The summed E-state index contributed by atoms with van der Waals surface area (Å²) in [4.78, 5) is 14.1. The molecule has 1 aromatic heterocycles. The van der Waals surface area contributed by atoms with E-state index in [4.69, 9.17) is 5.73 Å². The van der Waals surface area contributed by atoms with Gasteiger partial charge in [0.1, 0.15) is 12.4 Å². The molecule has 1 amide bonds. The van der Waals surface area contributed by atoms with Crippen molar-refractivity contribution in [2.75, 3.05) is 25.1 Å². The van der Waals surface area contributed by atoms with Gasteiger partial charge in [-0.15, -0.1) is 0 Å². The van der Waals surface area contributed by atoms with Crippen molar-refractivity contribution in [1.29, 1.82) is 0 Å². The van der Waals surface area contributed by atoms with E-state index in [0.717, 1.165) is 25.5 Å². The predicted octanol–water partition coefficient (Wildman–Crippen LogP) is -0.604. The Morgan fingerprint density at radius 2 is 2.29 bits per heavy atom. The van der Waals surface area contributed by atoms with Crippen LogP contribution in [0.25, 0.3) is 0 Å². The van der Waals surface area contributed by atoms with Crippen LogP contribution in [0.3, 0.4) is 0 Å². The third-order valence-corrected chi connectivity index (χ3v) is 4.18. The van der Waals surface area contributed by atoms with E-state index in [1.54, 1.807) is 17.2 Å². The van der Waals surface area contributed by atoms with E-state index in [-0.39, 0.29) is 25.0 Å². The molecule has 0 aromatic carbocycles. The van der Waals surface area contributed by atoms with E-state index in [2.05, 4.69) is 9.82 Å². The van der Waals surface area contributed by atoms with Gasteiger partial charge in [-0.3, -0.25) is 9.48 Å². The van der Waals surface area contributed by atoms with Crippen LogP contribution in [0, 0.1) is 0 Å². The zero-order valence-corrected chi connectivity index (χ0v) is 12.8. The third-order valence-electron chi connectivity index (χ3n) is 3.49. The molecular formula is C12H21N5O3S. The summed E-state index contributed by atoms with van der Waals surface area (Å²) in [6.07, 6.45) is 5.50. The average molecular weight is 315 g/mol. The molecule has 0 spiro atoms. The van der Waals surface area contributed by atoms with Gasteiger partial charge >= 0.3 is 0 Å². The van der Waals surface area contributed by atoms with Gasteiger partial charge < -0.3 is 10.6 Å². The van der Waals surface area contributed by atoms with Crippen molar-refractivity contribution in [3.8, 4) is 0 Å². The monoisotopic (exact) mass is 315 g/mol. The number of carbonyl (C=O) groups is 1. The van der Waals surface area contributed by atoms with Gasteiger partial charge in [-0.2, -0.15) is 5.10 Å². The average Bonchev–Trinajstić information content (AvgIpc) is 2.81. The molecule has 3 N–H and O–H groups in total. The molecule has 1 atom stereocenters. The van der Waals surface area contributed by atoms with E-state index in [1.807, 2.05) is 0 Å². The van der Waals surface area contributed by atoms with Gasteiger partial charge in [0.2, 0.25) is 15.9 Å². The smallest absolute Gasteiger partial charge is 0.244 e. The molecule has 2 rings (SSSR count). The van der Waals surface area contributed by atoms with Crippen molar-refractivity contribution in [3.63, 3.8) is 0 Å². The highest BCUT2D eigenvalue weighted by Gasteiger charge is 2.27. The van der Waals surface area contributed by atoms with Crippen molar-refractivity contribution in [3.05, 3.63) is 12.3 Å². The molecule has 0 bridgehead atoms. The minimum absolute atomic E-state index is 0.0712. The highest BCUT2D eigenvalue weighted by atomic mass is 32.2. The Labute approximate surface area is 124 Å². The molecule has 1 fully saturated rings. The molecule has 118 valence electrons. The molecule has 1 aliphatic rings. The molecule has 1 aliphatic heterocycles. The van der Waals surface area contributed by atoms with E-state index in [1.165, 1.54) is 4.68 Å². The van der Waals surface area contributed by atoms with Gasteiger partial charge in [-0.1, -0.05) is 0 Å². The number of piperidine rings is 1. The largest absolute Gasteiger partial charge is 0.382 e. The molecule has 1 saturated heterocycles. The first-order valence-electron chi connectivity index (χ1n) is 6.88. The van der Waals surface area contributed by atoms with Crippen LogP contribution in [0.15, 0.2) is 12.3 Å². The zero-order chi connectivity index (χ0) is 15.5. The molecule has 21 heavy (non-hydrogen) atoms. The van der Waals surface area contributed by atoms with E-state index >= 15 is 0 Å². The predicted molar refractivity (Wildman–Crippen MR) is 78.8 cm³/mol. The number of anilines is 1. The van der Waals surface area contributed by atoms with Crippen molar-refractivity contribution in [2.45, 2.75) is 31.8 Å². The second kappa shape index (κ2) is 6.44. The lowest BCUT2D eigenvalue weighted by Crippen LogP contribution is -2.50. The number of nitrogens with two attached hydrogens (primary N) is 1. The lowest BCUT2D eigenvalue weighted by Gasteiger charge is -2.35. The summed E-state index contributed by atoms with van der Waals surface area (Å²) in [5.74, 6) is 0.301. The molecule has 2 heterocycles. The number of sulfonamides is 1.